The lowest BCUT2D eigenvalue weighted by molar-refractivity contribution is 0.213. The normalized spacial score (nSPS) is 11.6. The van der Waals surface area contributed by atoms with Crippen LogP contribution in [0.4, 0.5) is 5.13 Å². The highest BCUT2D eigenvalue weighted by Gasteiger charge is 2.03. The van der Waals surface area contributed by atoms with Crippen molar-refractivity contribution in [1.82, 2.24) is 9.36 Å². The Kier molecular flexibility index (Phi) is 2.37. The van der Waals surface area contributed by atoms with E-state index < -0.39 is 0 Å². The highest BCUT2D eigenvalue weighted by Crippen LogP contribution is 2.06. The molecule has 1 heterocycles. The fourth-order valence-corrected chi connectivity index (χ4v) is 1.04. The summed E-state index contributed by atoms with van der Waals surface area (Å²) >= 11 is 1.14. The average molecular weight is 172 g/mol. The first-order chi connectivity index (χ1) is 5.24. The molecule has 11 heavy (non-hydrogen) atoms. The van der Waals surface area contributed by atoms with Gasteiger partial charge in [0, 0.05) is 11.5 Å². The molecular formula is C5H8N4OS. The monoisotopic (exact) mass is 172 g/mol. The molecule has 0 aliphatic heterocycles. The van der Waals surface area contributed by atoms with Gasteiger partial charge in [-0.1, -0.05) is 5.16 Å². The second-order valence-electron chi connectivity index (χ2n) is 1.82. The number of oxime groups is 1. The second-order valence-corrected chi connectivity index (χ2v) is 2.60. The molecule has 0 unspecified atom stereocenters. The molecular weight excluding hydrogens is 164 g/mol. The molecule has 6 heteroatoms. The Hall–Kier alpha value is -1.17. The molecule has 0 aromatic carbocycles. The Labute approximate surface area is 68.0 Å². The van der Waals surface area contributed by atoms with Gasteiger partial charge in [-0.05, 0) is 6.92 Å². The van der Waals surface area contributed by atoms with Crippen LogP contribution in [0.2, 0.25) is 0 Å². The maximum Gasteiger partial charge on any atom is 0.200 e. The average Bonchev–Trinajstić information content (AvgIpc) is 2.36. The smallest absolute Gasteiger partial charge is 0.200 e. The van der Waals surface area contributed by atoms with Gasteiger partial charge in [-0.25, -0.2) is 0 Å². The SMILES string of the molecule is CO/N=C(/C)c1nsc(N)n1. The minimum Gasteiger partial charge on any atom is -0.399 e. The van der Waals surface area contributed by atoms with Gasteiger partial charge in [-0.3, -0.25) is 0 Å². The van der Waals surface area contributed by atoms with Gasteiger partial charge in [0.1, 0.15) is 12.8 Å². The maximum absolute atomic E-state index is 5.36. The summed E-state index contributed by atoms with van der Waals surface area (Å²) in [4.78, 5) is 8.44. The third-order valence-corrected chi connectivity index (χ3v) is 1.54. The Morgan fingerprint density at radius 3 is 2.91 bits per heavy atom. The molecule has 0 amide bonds. The molecule has 0 aliphatic rings. The third-order valence-electron chi connectivity index (χ3n) is 0.994. The van der Waals surface area contributed by atoms with Crippen molar-refractivity contribution < 1.29 is 4.84 Å². The van der Waals surface area contributed by atoms with E-state index in [0.29, 0.717) is 16.7 Å². The number of aromatic nitrogens is 2. The van der Waals surface area contributed by atoms with Gasteiger partial charge in [0.25, 0.3) is 0 Å². The molecule has 1 aromatic heterocycles. The van der Waals surface area contributed by atoms with Crippen molar-refractivity contribution in [2.75, 3.05) is 12.8 Å². The zero-order chi connectivity index (χ0) is 8.27. The predicted molar refractivity (Wildman–Crippen MR) is 43.5 cm³/mol. The van der Waals surface area contributed by atoms with E-state index in [1.807, 2.05) is 0 Å². The number of anilines is 1. The van der Waals surface area contributed by atoms with Gasteiger partial charge in [-0.15, -0.1) is 0 Å². The molecule has 0 radical (unpaired) electrons. The summed E-state index contributed by atoms with van der Waals surface area (Å²) in [5, 5.41) is 4.09. The molecule has 1 aromatic rings. The summed E-state index contributed by atoms with van der Waals surface area (Å²) in [6.07, 6.45) is 0. The van der Waals surface area contributed by atoms with Crippen molar-refractivity contribution in [1.29, 1.82) is 0 Å². The molecule has 0 spiro atoms. The quantitative estimate of drug-likeness (QED) is 0.520. The first-order valence-electron chi connectivity index (χ1n) is 2.91. The molecule has 0 atom stereocenters. The molecule has 0 fully saturated rings. The molecule has 0 bridgehead atoms. The fraction of sp³-hybridized carbons (Fsp3) is 0.400. The number of nitrogens with two attached hydrogens (primary N) is 1. The Balaban J connectivity index is 2.84. The van der Waals surface area contributed by atoms with Crippen molar-refractivity contribution in [2.24, 2.45) is 5.16 Å². The largest absolute Gasteiger partial charge is 0.399 e. The lowest BCUT2D eigenvalue weighted by Crippen LogP contribution is -1.98. The van der Waals surface area contributed by atoms with Crippen molar-refractivity contribution in [3.8, 4) is 0 Å². The minimum absolute atomic E-state index is 0.436. The first-order valence-corrected chi connectivity index (χ1v) is 3.68. The molecule has 0 saturated carbocycles. The number of nitrogens with zero attached hydrogens (tertiary/aromatic N) is 3. The first kappa shape index (κ1) is 7.93. The van der Waals surface area contributed by atoms with Crippen LogP contribution in [0.15, 0.2) is 5.16 Å². The molecule has 0 saturated heterocycles. The minimum atomic E-state index is 0.436. The van der Waals surface area contributed by atoms with Crippen LogP contribution < -0.4 is 5.73 Å². The summed E-state index contributed by atoms with van der Waals surface area (Å²) < 4.78 is 3.93. The molecule has 2 N–H and O–H groups in total. The van der Waals surface area contributed by atoms with Gasteiger partial charge in [0.15, 0.2) is 11.0 Å². The second kappa shape index (κ2) is 3.29. The summed E-state index contributed by atoms with van der Waals surface area (Å²) in [7, 11) is 1.47. The van der Waals surface area contributed by atoms with Crippen LogP contribution in [0.5, 0.6) is 0 Å². The third kappa shape index (κ3) is 1.87. The number of nitrogen functional groups attached to an aromatic ring is 1. The van der Waals surface area contributed by atoms with E-state index in [-0.39, 0.29) is 0 Å². The van der Waals surface area contributed by atoms with Crippen LogP contribution >= 0.6 is 11.5 Å². The van der Waals surface area contributed by atoms with Gasteiger partial charge in [0.05, 0.1) is 0 Å². The Morgan fingerprint density at radius 1 is 1.73 bits per heavy atom. The van der Waals surface area contributed by atoms with Crippen LogP contribution in [0, 0.1) is 0 Å². The van der Waals surface area contributed by atoms with E-state index in [2.05, 4.69) is 19.4 Å². The summed E-state index contributed by atoms with van der Waals surface area (Å²) in [6, 6.07) is 0. The van der Waals surface area contributed by atoms with E-state index in [9.17, 15) is 0 Å². The molecule has 0 aliphatic carbocycles. The molecule has 5 nitrogen and oxygen atoms in total. The van der Waals surface area contributed by atoms with E-state index in [0.717, 1.165) is 11.5 Å². The van der Waals surface area contributed by atoms with Crippen LogP contribution in [-0.4, -0.2) is 22.2 Å². The van der Waals surface area contributed by atoms with Gasteiger partial charge in [-0.2, -0.15) is 9.36 Å². The number of hydrogen-bond acceptors (Lipinski definition) is 6. The maximum atomic E-state index is 5.36. The van der Waals surface area contributed by atoms with Crippen LogP contribution in [0.25, 0.3) is 0 Å². The number of hydrogen-bond donors (Lipinski definition) is 1. The zero-order valence-electron chi connectivity index (χ0n) is 6.24. The van der Waals surface area contributed by atoms with E-state index in [1.165, 1.54) is 7.11 Å². The van der Waals surface area contributed by atoms with Crippen molar-refractivity contribution in [3.63, 3.8) is 0 Å². The molecule has 1 rings (SSSR count). The van der Waals surface area contributed by atoms with E-state index in [1.54, 1.807) is 6.92 Å². The van der Waals surface area contributed by atoms with Crippen molar-refractivity contribution in [2.45, 2.75) is 6.92 Å². The highest BCUT2D eigenvalue weighted by molar-refractivity contribution is 7.09. The number of rotatable bonds is 2. The topological polar surface area (TPSA) is 73.4 Å². The summed E-state index contributed by atoms with van der Waals surface area (Å²) in [6.45, 7) is 1.75. The van der Waals surface area contributed by atoms with Crippen LogP contribution in [0.1, 0.15) is 12.7 Å². The fourth-order valence-electron chi connectivity index (χ4n) is 0.560. The van der Waals surface area contributed by atoms with Crippen LogP contribution in [-0.2, 0) is 4.84 Å². The van der Waals surface area contributed by atoms with E-state index in [4.69, 9.17) is 5.73 Å². The Morgan fingerprint density at radius 2 is 2.45 bits per heavy atom. The van der Waals surface area contributed by atoms with Crippen molar-refractivity contribution >= 4 is 22.4 Å². The highest BCUT2D eigenvalue weighted by atomic mass is 32.1. The van der Waals surface area contributed by atoms with E-state index >= 15 is 0 Å². The van der Waals surface area contributed by atoms with Crippen LogP contribution in [0.3, 0.4) is 0 Å². The summed E-state index contributed by atoms with van der Waals surface area (Å²) in [5.41, 5.74) is 5.99. The van der Waals surface area contributed by atoms with Gasteiger partial charge in [0.2, 0.25) is 0 Å². The lowest BCUT2D eigenvalue weighted by atomic mass is 10.4. The van der Waals surface area contributed by atoms with Gasteiger partial charge < -0.3 is 10.6 Å². The summed E-state index contributed by atoms with van der Waals surface area (Å²) in [5.74, 6) is 0.523. The lowest BCUT2D eigenvalue weighted by Gasteiger charge is -1.89. The van der Waals surface area contributed by atoms with Crippen molar-refractivity contribution in [3.05, 3.63) is 5.82 Å². The zero-order valence-corrected chi connectivity index (χ0v) is 7.05. The predicted octanol–water partition coefficient (Wildman–Crippen LogP) is 0.491. The van der Waals surface area contributed by atoms with Gasteiger partial charge >= 0.3 is 0 Å². The Bertz CT molecular complexity index is 269. The molecule has 60 valence electrons. The standard InChI is InChI=1S/C5H8N4OS/c1-3(8-10-2)4-7-5(6)11-9-4/h1-2H3,(H2,6,7,9)/b8-3-.